The van der Waals surface area contributed by atoms with Gasteiger partial charge in [-0.25, -0.2) is 0 Å². The number of likely N-dealkylation sites (tertiary alicyclic amines) is 1. The molecule has 4 nitrogen and oxygen atoms in total. The van der Waals surface area contributed by atoms with Gasteiger partial charge in [-0.05, 0) is 51.1 Å². The summed E-state index contributed by atoms with van der Waals surface area (Å²) in [6, 6.07) is 5.51. The summed E-state index contributed by atoms with van der Waals surface area (Å²) in [7, 11) is 4.20. The molecule has 1 heterocycles. The second kappa shape index (κ2) is 7.14. The fourth-order valence-corrected chi connectivity index (χ4v) is 2.99. The molecule has 21 heavy (non-hydrogen) atoms. The maximum atomic E-state index is 12.4. The predicted octanol–water partition coefficient (Wildman–Crippen LogP) is 2.53. The summed E-state index contributed by atoms with van der Waals surface area (Å²) in [6.07, 6.45) is 3.55. The molecule has 1 N–H and O–H groups in total. The summed E-state index contributed by atoms with van der Waals surface area (Å²) in [6.45, 7) is 1.64. The molecule has 5 heteroatoms. The first-order valence-electron chi connectivity index (χ1n) is 7.39. The molecule has 0 aliphatic carbocycles. The number of carbonyl (C=O) groups is 1. The Hall–Kier alpha value is -1.26. The highest BCUT2D eigenvalue weighted by Crippen LogP contribution is 2.24. The largest absolute Gasteiger partial charge is 0.506 e. The number of benzene rings is 1. The van der Waals surface area contributed by atoms with Gasteiger partial charge in [0.1, 0.15) is 5.75 Å². The van der Waals surface area contributed by atoms with Crippen molar-refractivity contribution in [2.45, 2.75) is 31.7 Å². The van der Waals surface area contributed by atoms with E-state index in [9.17, 15) is 9.90 Å². The lowest BCUT2D eigenvalue weighted by molar-refractivity contribution is -0.130. The van der Waals surface area contributed by atoms with Crippen molar-refractivity contribution in [3.63, 3.8) is 0 Å². The van der Waals surface area contributed by atoms with Crippen molar-refractivity contribution in [3.05, 3.63) is 28.8 Å². The summed E-state index contributed by atoms with van der Waals surface area (Å²) in [5.74, 6) is 0.188. The Morgan fingerprint density at radius 3 is 2.81 bits per heavy atom. The standard InChI is InChI=1S/C16H23ClN2O2/c1-18(2)13-4-3-8-19(9-7-13)16(21)11-12-5-6-15(20)14(17)10-12/h5-6,10,13,20H,3-4,7-9,11H2,1-2H3/t13-/m1/s1. The van der Waals surface area contributed by atoms with E-state index in [-0.39, 0.29) is 11.7 Å². The highest BCUT2D eigenvalue weighted by atomic mass is 35.5. The molecule has 1 aromatic rings. The van der Waals surface area contributed by atoms with Gasteiger partial charge >= 0.3 is 0 Å². The maximum absolute atomic E-state index is 12.4. The first kappa shape index (κ1) is 16.1. The van der Waals surface area contributed by atoms with E-state index in [2.05, 4.69) is 19.0 Å². The fraction of sp³-hybridized carbons (Fsp3) is 0.562. The lowest BCUT2D eigenvalue weighted by atomic mass is 10.1. The average molecular weight is 311 g/mol. The Morgan fingerprint density at radius 1 is 1.38 bits per heavy atom. The summed E-state index contributed by atoms with van der Waals surface area (Å²) in [5.41, 5.74) is 0.844. The van der Waals surface area contributed by atoms with Crippen LogP contribution < -0.4 is 0 Å². The van der Waals surface area contributed by atoms with Crippen LogP contribution in [-0.4, -0.2) is 54.0 Å². The number of rotatable bonds is 3. The molecule has 0 aromatic heterocycles. The number of hydrogen-bond acceptors (Lipinski definition) is 3. The van der Waals surface area contributed by atoms with Crippen molar-refractivity contribution < 1.29 is 9.90 Å². The molecule has 1 aliphatic heterocycles. The third kappa shape index (κ3) is 4.35. The highest BCUT2D eigenvalue weighted by Gasteiger charge is 2.21. The van der Waals surface area contributed by atoms with Crippen molar-refractivity contribution >= 4 is 17.5 Å². The number of phenolic OH excluding ortho intramolecular Hbond substituents is 1. The van der Waals surface area contributed by atoms with Crippen molar-refractivity contribution in [2.75, 3.05) is 27.2 Å². The fourth-order valence-electron chi connectivity index (χ4n) is 2.79. The van der Waals surface area contributed by atoms with Gasteiger partial charge in [0.25, 0.3) is 0 Å². The predicted molar refractivity (Wildman–Crippen MR) is 84.7 cm³/mol. The van der Waals surface area contributed by atoms with Crippen LogP contribution in [0.15, 0.2) is 18.2 Å². The van der Waals surface area contributed by atoms with Gasteiger partial charge in [0.15, 0.2) is 0 Å². The van der Waals surface area contributed by atoms with Crippen LogP contribution >= 0.6 is 11.6 Å². The number of amides is 1. The molecule has 1 aliphatic rings. The molecule has 1 atom stereocenters. The van der Waals surface area contributed by atoms with E-state index >= 15 is 0 Å². The van der Waals surface area contributed by atoms with Gasteiger partial charge in [0.05, 0.1) is 11.4 Å². The van der Waals surface area contributed by atoms with Gasteiger partial charge in [0, 0.05) is 19.1 Å². The van der Waals surface area contributed by atoms with E-state index in [1.807, 2.05) is 4.90 Å². The van der Waals surface area contributed by atoms with Crippen LogP contribution in [0.2, 0.25) is 5.02 Å². The zero-order valence-electron chi connectivity index (χ0n) is 12.7. The normalized spacial score (nSPS) is 19.6. The van der Waals surface area contributed by atoms with Crippen molar-refractivity contribution in [3.8, 4) is 5.75 Å². The van der Waals surface area contributed by atoms with Crippen molar-refractivity contribution in [2.24, 2.45) is 0 Å². The summed E-state index contributed by atoms with van der Waals surface area (Å²) >= 11 is 5.88. The second-order valence-corrected chi connectivity index (χ2v) is 6.30. The molecular formula is C16H23ClN2O2. The second-order valence-electron chi connectivity index (χ2n) is 5.89. The number of aromatic hydroxyl groups is 1. The summed E-state index contributed by atoms with van der Waals surface area (Å²) in [4.78, 5) is 16.6. The lowest BCUT2D eigenvalue weighted by Crippen LogP contribution is -2.34. The number of phenols is 1. The van der Waals surface area contributed by atoms with Crippen LogP contribution in [0.4, 0.5) is 0 Å². The minimum atomic E-state index is 0.0523. The Labute approximate surface area is 131 Å². The summed E-state index contributed by atoms with van der Waals surface area (Å²) < 4.78 is 0. The molecule has 0 bridgehead atoms. The third-order valence-electron chi connectivity index (χ3n) is 4.15. The lowest BCUT2D eigenvalue weighted by Gasteiger charge is -2.23. The SMILES string of the molecule is CN(C)[C@@H]1CCCN(C(=O)Cc2ccc(O)c(Cl)c2)CC1. The average Bonchev–Trinajstić information content (AvgIpc) is 2.69. The minimum Gasteiger partial charge on any atom is -0.506 e. The summed E-state index contributed by atoms with van der Waals surface area (Å²) in [5, 5.41) is 9.71. The minimum absolute atomic E-state index is 0.0523. The van der Waals surface area contributed by atoms with Crippen LogP contribution in [-0.2, 0) is 11.2 Å². The molecular weight excluding hydrogens is 288 g/mol. The van der Waals surface area contributed by atoms with Crippen LogP contribution in [0.3, 0.4) is 0 Å². The molecule has 1 amide bonds. The van der Waals surface area contributed by atoms with Crippen LogP contribution in [0, 0.1) is 0 Å². The zero-order valence-corrected chi connectivity index (χ0v) is 13.4. The smallest absolute Gasteiger partial charge is 0.226 e. The molecule has 1 aromatic carbocycles. The van der Waals surface area contributed by atoms with E-state index < -0.39 is 0 Å². The Balaban J connectivity index is 1.95. The Kier molecular flexibility index (Phi) is 5.48. The van der Waals surface area contributed by atoms with E-state index in [4.69, 9.17) is 11.6 Å². The molecule has 0 unspecified atom stereocenters. The highest BCUT2D eigenvalue weighted by molar-refractivity contribution is 6.32. The number of nitrogens with zero attached hydrogens (tertiary/aromatic N) is 2. The maximum Gasteiger partial charge on any atom is 0.226 e. The molecule has 0 radical (unpaired) electrons. The molecule has 2 rings (SSSR count). The molecule has 116 valence electrons. The van der Waals surface area contributed by atoms with Gasteiger partial charge in [-0.1, -0.05) is 17.7 Å². The molecule has 0 spiro atoms. The molecule has 1 saturated heterocycles. The van der Waals surface area contributed by atoms with Gasteiger partial charge in [-0.3, -0.25) is 4.79 Å². The number of carbonyl (C=O) groups excluding carboxylic acids is 1. The Morgan fingerprint density at radius 2 is 2.14 bits per heavy atom. The Bertz CT molecular complexity index is 505. The van der Waals surface area contributed by atoms with E-state index in [0.717, 1.165) is 37.9 Å². The van der Waals surface area contributed by atoms with Gasteiger partial charge < -0.3 is 14.9 Å². The topological polar surface area (TPSA) is 43.8 Å². The monoisotopic (exact) mass is 310 g/mol. The van der Waals surface area contributed by atoms with E-state index in [0.29, 0.717) is 17.5 Å². The first-order valence-corrected chi connectivity index (χ1v) is 7.77. The van der Waals surface area contributed by atoms with Crippen LogP contribution in [0.25, 0.3) is 0 Å². The van der Waals surface area contributed by atoms with E-state index in [1.165, 1.54) is 6.07 Å². The zero-order chi connectivity index (χ0) is 15.4. The van der Waals surface area contributed by atoms with Gasteiger partial charge in [-0.15, -0.1) is 0 Å². The quantitative estimate of drug-likeness (QED) is 0.933. The van der Waals surface area contributed by atoms with Crippen molar-refractivity contribution in [1.82, 2.24) is 9.80 Å². The third-order valence-corrected chi connectivity index (χ3v) is 4.45. The molecule has 0 saturated carbocycles. The van der Waals surface area contributed by atoms with Crippen molar-refractivity contribution in [1.29, 1.82) is 0 Å². The van der Waals surface area contributed by atoms with Crippen LogP contribution in [0.1, 0.15) is 24.8 Å². The van der Waals surface area contributed by atoms with E-state index in [1.54, 1.807) is 12.1 Å². The molecule has 1 fully saturated rings. The number of halogens is 1. The van der Waals surface area contributed by atoms with Gasteiger partial charge in [-0.2, -0.15) is 0 Å². The van der Waals surface area contributed by atoms with Gasteiger partial charge in [0.2, 0.25) is 5.91 Å². The first-order chi connectivity index (χ1) is 9.97. The number of hydrogen-bond donors (Lipinski definition) is 1. The van der Waals surface area contributed by atoms with Crippen LogP contribution in [0.5, 0.6) is 5.75 Å².